The lowest BCUT2D eigenvalue weighted by molar-refractivity contribution is -0.0338. The first kappa shape index (κ1) is 15.4. The second kappa shape index (κ2) is 6.66. The molecule has 0 saturated carbocycles. The predicted molar refractivity (Wildman–Crippen MR) is 85.6 cm³/mol. The van der Waals surface area contributed by atoms with Crippen LogP contribution in [0.15, 0.2) is 18.2 Å². The SMILES string of the molecule is CC(C)N1CCOC(CN(C)c2cc(Cl)ccc2N)C1. The molecule has 1 saturated heterocycles. The van der Waals surface area contributed by atoms with Gasteiger partial charge in [0.1, 0.15) is 0 Å². The molecule has 1 unspecified atom stereocenters. The topological polar surface area (TPSA) is 41.7 Å². The van der Waals surface area contributed by atoms with Gasteiger partial charge in [-0.1, -0.05) is 11.6 Å². The van der Waals surface area contributed by atoms with Crippen molar-refractivity contribution in [3.05, 3.63) is 23.2 Å². The first-order chi connectivity index (χ1) is 9.47. The van der Waals surface area contributed by atoms with Gasteiger partial charge in [-0.25, -0.2) is 0 Å². The molecule has 0 aromatic heterocycles. The summed E-state index contributed by atoms with van der Waals surface area (Å²) in [5, 5.41) is 0.703. The van der Waals surface area contributed by atoms with Crippen LogP contribution in [0.5, 0.6) is 0 Å². The number of benzene rings is 1. The Bertz CT molecular complexity index is 453. The smallest absolute Gasteiger partial charge is 0.0877 e. The van der Waals surface area contributed by atoms with E-state index in [2.05, 4.69) is 23.6 Å². The van der Waals surface area contributed by atoms with E-state index in [0.717, 1.165) is 37.6 Å². The van der Waals surface area contributed by atoms with Crippen molar-refractivity contribution in [1.82, 2.24) is 4.90 Å². The summed E-state index contributed by atoms with van der Waals surface area (Å²) >= 11 is 6.05. The van der Waals surface area contributed by atoms with Crippen LogP contribution in [0.4, 0.5) is 11.4 Å². The lowest BCUT2D eigenvalue weighted by atomic mass is 10.2. The largest absolute Gasteiger partial charge is 0.397 e. The number of rotatable bonds is 4. The van der Waals surface area contributed by atoms with Gasteiger partial charge in [0.05, 0.1) is 24.1 Å². The number of likely N-dealkylation sites (N-methyl/N-ethyl adjacent to an activating group) is 1. The summed E-state index contributed by atoms with van der Waals surface area (Å²) in [4.78, 5) is 4.57. The molecule has 1 aliphatic rings. The zero-order chi connectivity index (χ0) is 14.7. The van der Waals surface area contributed by atoms with E-state index < -0.39 is 0 Å². The monoisotopic (exact) mass is 297 g/mol. The third-order valence-electron chi connectivity index (χ3n) is 3.78. The molecule has 1 aromatic carbocycles. The van der Waals surface area contributed by atoms with Crippen molar-refractivity contribution in [1.29, 1.82) is 0 Å². The second-order valence-corrected chi connectivity index (χ2v) is 6.10. The zero-order valence-corrected chi connectivity index (χ0v) is 13.2. The Hall–Kier alpha value is -0.970. The number of nitrogen functional groups attached to an aromatic ring is 1. The summed E-state index contributed by atoms with van der Waals surface area (Å²) in [5.41, 5.74) is 7.72. The Morgan fingerprint density at radius 1 is 1.50 bits per heavy atom. The van der Waals surface area contributed by atoms with Crippen LogP contribution >= 0.6 is 11.6 Å². The molecule has 0 spiro atoms. The second-order valence-electron chi connectivity index (χ2n) is 5.67. The van der Waals surface area contributed by atoms with Gasteiger partial charge in [0.2, 0.25) is 0 Å². The van der Waals surface area contributed by atoms with Gasteiger partial charge in [0.25, 0.3) is 0 Å². The van der Waals surface area contributed by atoms with E-state index >= 15 is 0 Å². The van der Waals surface area contributed by atoms with E-state index in [1.807, 2.05) is 25.2 Å². The fourth-order valence-corrected chi connectivity index (χ4v) is 2.74. The number of ether oxygens (including phenoxy) is 1. The first-order valence-electron chi connectivity index (χ1n) is 7.09. The average Bonchev–Trinajstić information content (AvgIpc) is 2.41. The summed E-state index contributed by atoms with van der Waals surface area (Å²) < 4.78 is 5.86. The Morgan fingerprint density at radius 3 is 2.95 bits per heavy atom. The van der Waals surface area contributed by atoms with Gasteiger partial charge >= 0.3 is 0 Å². The molecule has 2 rings (SSSR count). The number of hydrogen-bond acceptors (Lipinski definition) is 4. The maximum atomic E-state index is 6.05. The molecular weight excluding hydrogens is 274 g/mol. The molecule has 0 bridgehead atoms. The van der Waals surface area contributed by atoms with Crippen LogP contribution in [-0.2, 0) is 4.74 Å². The minimum atomic E-state index is 0.203. The van der Waals surface area contributed by atoms with Crippen LogP contribution in [0, 0.1) is 0 Å². The Morgan fingerprint density at radius 2 is 2.25 bits per heavy atom. The van der Waals surface area contributed by atoms with Gasteiger partial charge in [0.15, 0.2) is 0 Å². The third kappa shape index (κ3) is 3.78. The molecule has 0 radical (unpaired) electrons. The van der Waals surface area contributed by atoms with Crippen molar-refractivity contribution in [2.75, 3.05) is 43.9 Å². The fraction of sp³-hybridized carbons (Fsp3) is 0.600. The van der Waals surface area contributed by atoms with Crippen LogP contribution in [0.3, 0.4) is 0 Å². The van der Waals surface area contributed by atoms with Crippen LogP contribution in [0.2, 0.25) is 5.02 Å². The highest BCUT2D eigenvalue weighted by atomic mass is 35.5. The standard InChI is InChI=1S/C15H24ClN3O/c1-11(2)19-6-7-20-13(10-19)9-18(3)15-8-12(16)4-5-14(15)17/h4-5,8,11,13H,6-7,9-10,17H2,1-3H3. The van der Waals surface area contributed by atoms with Gasteiger partial charge in [0, 0.05) is 37.7 Å². The normalized spacial score (nSPS) is 20.4. The minimum absolute atomic E-state index is 0.203. The molecule has 112 valence electrons. The van der Waals surface area contributed by atoms with Crippen LogP contribution in [0.1, 0.15) is 13.8 Å². The van der Waals surface area contributed by atoms with E-state index in [9.17, 15) is 0 Å². The van der Waals surface area contributed by atoms with E-state index in [4.69, 9.17) is 22.1 Å². The molecule has 0 aliphatic carbocycles. The molecule has 5 heteroatoms. The Balaban J connectivity index is 2.00. The molecule has 4 nitrogen and oxygen atoms in total. The van der Waals surface area contributed by atoms with Gasteiger partial charge in [-0.05, 0) is 32.0 Å². The van der Waals surface area contributed by atoms with Gasteiger partial charge in [-0.15, -0.1) is 0 Å². The average molecular weight is 298 g/mol. The van der Waals surface area contributed by atoms with Crippen LogP contribution < -0.4 is 10.6 Å². The summed E-state index contributed by atoms with van der Waals surface area (Å²) in [7, 11) is 2.03. The summed E-state index contributed by atoms with van der Waals surface area (Å²) in [5.74, 6) is 0. The molecule has 1 aromatic rings. The van der Waals surface area contributed by atoms with Crippen molar-refractivity contribution in [3.63, 3.8) is 0 Å². The molecular formula is C15H24ClN3O. The van der Waals surface area contributed by atoms with Crippen LogP contribution in [0.25, 0.3) is 0 Å². The molecule has 1 fully saturated rings. The number of nitrogens with two attached hydrogens (primary N) is 1. The lowest BCUT2D eigenvalue weighted by Gasteiger charge is -2.37. The van der Waals surface area contributed by atoms with Crippen molar-refractivity contribution < 1.29 is 4.74 Å². The van der Waals surface area contributed by atoms with Crippen molar-refractivity contribution in [3.8, 4) is 0 Å². The van der Waals surface area contributed by atoms with E-state index in [-0.39, 0.29) is 6.10 Å². The number of halogens is 1. The van der Waals surface area contributed by atoms with E-state index in [1.54, 1.807) is 0 Å². The van der Waals surface area contributed by atoms with Crippen molar-refractivity contribution in [2.24, 2.45) is 0 Å². The Labute approximate surface area is 126 Å². The van der Waals surface area contributed by atoms with E-state index in [0.29, 0.717) is 11.1 Å². The maximum absolute atomic E-state index is 6.05. The first-order valence-corrected chi connectivity index (χ1v) is 7.47. The van der Waals surface area contributed by atoms with E-state index in [1.165, 1.54) is 0 Å². The van der Waals surface area contributed by atoms with Gasteiger partial charge in [-0.3, -0.25) is 4.90 Å². The Kier molecular flexibility index (Phi) is 5.13. The molecule has 20 heavy (non-hydrogen) atoms. The highest BCUT2D eigenvalue weighted by Crippen LogP contribution is 2.26. The van der Waals surface area contributed by atoms with Crippen molar-refractivity contribution in [2.45, 2.75) is 26.0 Å². The quantitative estimate of drug-likeness (QED) is 0.867. The molecule has 1 atom stereocenters. The number of anilines is 2. The highest BCUT2D eigenvalue weighted by Gasteiger charge is 2.23. The number of hydrogen-bond donors (Lipinski definition) is 1. The highest BCUT2D eigenvalue weighted by molar-refractivity contribution is 6.31. The molecule has 0 amide bonds. The van der Waals surface area contributed by atoms with Crippen LogP contribution in [-0.4, -0.2) is 50.3 Å². The van der Waals surface area contributed by atoms with Crippen molar-refractivity contribution >= 4 is 23.0 Å². The molecule has 2 N–H and O–H groups in total. The summed E-state index contributed by atoms with van der Waals surface area (Å²) in [6.07, 6.45) is 0.203. The maximum Gasteiger partial charge on any atom is 0.0877 e. The third-order valence-corrected chi connectivity index (χ3v) is 4.02. The fourth-order valence-electron chi connectivity index (χ4n) is 2.57. The van der Waals surface area contributed by atoms with Gasteiger partial charge < -0.3 is 15.4 Å². The summed E-state index contributed by atoms with van der Waals surface area (Å²) in [6.45, 7) is 8.03. The minimum Gasteiger partial charge on any atom is -0.397 e. The molecule has 1 aliphatic heterocycles. The van der Waals surface area contributed by atoms with Gasteiger partial charge in [-0.2, -0.15) is 0 Å². The number of nitrogens with zero attached hydrogens (tertiary/aromatic N) is 2. The predicted octanol–water partition coefficient (Wildman–Crippen LogP) is 2.47. The summed E-state index contributed by atoms with van der Waals surface area (Å²) in [6, 6.07) is 6.12. The lowest BCUT2D eigenvalue weighted by Crippen LogP contribution is -2.49. The zero-order valence-electron chi connectivity index (χ0n) is 12.5. The number of morpholine rings is 1. The molecule has 1 heterocycles.